The Kier molecular flexibility index (Phi) is 2.95. The molecule has 0 atom stereocenters. The summed E-state index contributed by atoms with van der Waals surface area (Å²) in [7, 11) is 1.84. The van der Waals surface area contributed by atoms with E-state index >= 15 is 0 Å². The molecule has 3 heteroatoms. The van der Waals surface area contributed by atoms with Crippen molar-refractivity contribution in [1.82, 2.24) is 0 Å². The summed E-state index contributed by atoms with van der Waals surface area (Å²) in [6, 6.07) is 9.52. The lowest BCUT2D eigenvalue weighted by atomic mass is 10.3. The fourth-order valence-corrected chi connectivity index (χ4v) is 1.23. The molecule has 1 rings (SSSR count). The Morgan fingerprint density at radius 1 is 1.50 bits per heavy atom. The van der Waals surface area contributed by atoms with Crippen LogP contribution in [0.1, 0.15) is 0 Å². The molecule has 0 N–H and O–H groups in total. The lowest BCUT2D eigenvalue weighted by molar-refractivity contribution is 1.04. The molecule has 0 aliphatic heterocycles. The van der Waals surface area contributed by atoms with Crippen LogP contribution >= 0.6 is 11.6 Å². The summed E-state index contributed by atoms with van der Waals surface area (Å²) in [5.74, 6) is 0. The molecule has 12 heavy (non-hydrogen) atoms. The number of halogens is 1. The van der Waals surface area contributed by atoms with Gasteiger partial charge in [0.2, 0.25) is 0 Å². The highest BCUT2D eigenvalue weighted by molar-refractivity contribution is 6.33. The van der Waals surface area contributed by atoms with E-state index in [1.54, 1.807) is 0 Å². The number of anilines is 1. The van der Waals surface area contributed by atoms with Crippen LogP contribution in [0.2, 0.25) is 5.02 Å². The Morgan fingerprint density at radius 2 is 2.17 bits per heavy atom. The lowest BCUT2D eigenvalue weighted by Gasteiger charge is -2.16. The van der Waals surface area contributed by atoms with Gasteiger partial charge in [-0.1, -0.05) is 23.7 Å². The lowest BCUT2D eigenvalue weighted by Crippen LogP contribution is -2.17. The van der Waals surface area contributed by atoms with Crippen LogP contribution in [0, 0.1) is 11.3 Å². The Hall–Kier alpha value is -1.20. The van der Waals surface area contributed by atoms with E-state index in [9.17, 15) is 0 Å². The van der Waals surface area contributed by atoms with E-state index in [0.717, 1.165) is 5.69 Å². The quantitative estimate of drug-likeness (QED) is 0.653. The van der Waals surface area contributed by atoms with Crippen molar-refractivity contribution in [3.63, 3.8) is 0 Å². The summed E-state index contributed by atoms with van der Waals surface area (Å²) in [4.78, 5) is 1.81. The fraction of sp³-hybridized carbons (Fsp3) is 0.222. The molecule has 0 bridgehead atoms. The second kappa shape index (κ2) is 3.99. The van der Waals surface area contributed by atoms with Crippen molar-refractivity contribution in [2.75, 3.05) is 18.5 Å². The zero-order chi connectivity index (χ0) is 8.97. The van der Waals surface area contributed by atoms with Gasteiger partial charge in [0.1, 0.15) is 6.54 Å². The number of benzene rings is 1. The van der Waals surface area contributed by atoms with Crippen molar-refractivity contribution in [2.45, 2.75) is 0 Å². The van der Waals surface area contributed by atoms with Gasteiger partial charge in [-0.15, -0.1) is 0 Å². The molecule has 0 aliphatic carbocycles. The molecule has 0 fully saturated rings. The maximum absolute atomic E-state index is 8.45. The van der Waals surface area contributed by atoms with Gasteiger partial charge in [0.05, 0.1) is 16.8 Å². The summed E-state index contributed by atoms with van der Waals surface area (Å²) in [5, 5.41) is 9.13. The molecule has 0 unspecified atom stereocenters. The minimum absolute atomic E-state index is 0.351. The minimum atomic E-state index is 0.351. The molecule has 0 aliphatic rings. The third-order valence-corrected chi connectivity index (χ3v) is 1.89. The van der Waals surface area contributed by atoms with Gasteiger partial charge in [0.25, 0.3) is 0 Å². The van der Waals surface area contributed by atoms with Gasteiger partial charge in [-0.05, 0) is 12.1 Å². The highest BCUT2D eigenvalue weighted by Gasteiger charge is 2.02. The van der Waals surface area contributed by atoms with E-state index in [2.05, 4.69) is 6.07 Å². The van der Waals surface area contributed by atoms with Crippen molar-refractivity contribution >= 4 is 17.3 Å². The first kappa shape index (κ1) is 8.89. The van der Waals surface area contributed by atoms with E-state index < -0.39 is 0 Å². The topological polar surface area (TPSA) is 27.0 Å². The first-order chi connectivity index (χ1) is 5.75. The van der Waals surface area contributed by atoms with E-state index in [1.165, 1.54) is 0 Å². The Balaban J connectivity index is 2.88. The minimum Gasteiger partial charge on any atom is -0.360 e. The van der Waals surface area contributed by atoms with Crippen molar-refractivity contribution < 1.29 is 0 Å². The van der Waals surface area contributed by atoms with E-state index in [4.69, 9.17) is 16.9 Å². The summed E-state index contributed by atoms with van der Waals surface area (Å²) in [6.07, 6.45) is 0. The summed E-state index contributed by atoms with van der Waals surface area (Å²) in [5.41, 5.74) is 0.890. The second-order valence-electron chi connectivity index (χ2n) is 2.47. The normalized spacial score (nSPS) is 9.08. The van der Waals surface area contributed by atoms with Gasteiger partial charge in [0, 0.05) is 7.05 Å². The first-order valence-corrected chi connectivity index (χ1v) is 3.96. The molecule has 1 aromatic rings. The van der Waals surface area contributed by atoms with Gasteiger partial charge in [-0.25, -0.2) is 0 Å². The van der Waals surface area contributed by atoms with Crippen LogP contribution in [0.3, 0.4) is 0 Å². The van der Waals surface area contributed by atoms with Crippen molar-refractivity contribution in [2.24, 2.45) is 0 Å². The first-order valence-electron chi connectivity index (χ1n) is 3.58. The van der Waals surface area contributed by atoms with Crippen LogP contribution in [-0.4, -0.2) is 13.6 Å². The van der Waals surface area contributed by atoms with E-state index in [-0.39, 0.29) is 0 Å². The molecule has 0 radical (unpaired) electrons. The largest absolute Gasteiger partial charge is 0.360 e. The molecular formula is C9H9ClN2. The molecule has 0 heterocycles. The standard InChI is InChI=1S/C9H9ClN2/c1-12(7-6-11)9-5-3-2-4-8(9)10/h2-5H,7H2,1H3. The number of hydrogen-bond acceptors (Lipinski definition) is 2. The van der Waals surface area contributed by atoms with Crippen LogP contribution in [0.15, 0.2) is 24.3 Å². The zero-order valence-corrected chi connectivity index (χ0v) is 7.54. The molecule has 2 nitrogen and oxygen atoms in total. The summed E-state index contributed by atoms with van der Waals surface area (Å²) >= 11 is 5.90. The van der Waals surface area contributed by atoms with Gasteiger partial charge in [0.15, 0.2) is 0 Å². The Bertz CT molecular complexity index is 304. The highest BCUT2D eigenvalue weighted by atomic mass is 35.5. The number of rotatable bonds is 2. The number of nitriles is 1. The van der Waals surface area contributed by atoms with Crippen LogP contribution < -0.4 is 4.90 Å². The molecule has 0 aromatic heterocycles. The van der Waals surface area contributed by atoms with Crippen LogP contribution in [0.5, 0.6) is 0 Å². The van der Waals surface area contributed by atoms with Crippen LogP contribution in [-0.2, 0) is 0 Å². The molecule has 1 aromatic carbocycles. The predicted molar refractivity (Wildman–Crippen MR) is 50.3 cm³/mol. The van der Waals surface area contributed by atoms with E-state index in [1.807, 2.05) is 36.2 Å². The van der Waals surface area contributed by atoms with Crippen LogP contribution in [0.25, 0.3) is 0 Å². The Labute approximate surface area is 77.0 Å². The van der Waals surface area contributed by atoms with Gasteiger partial charge in [-0.3, -0.25) is 0 Å². The van der Waals surface area contributed by atoms with Crippen molar-refractivity contribution in [3.05, 3.63) is 29.3 Å². The van der Waals surface area contributed by atoms with Crippen LogP contribution in [0.4, 0.5) is 5.69 Å². The third kappa shape index (κ3) is 1.90. The maximum Gasteiger partial charge on any atom is 0.105 e. The summed E-state index contributed by atoms with van der Waals surface area (Å²) in [6.45, 7) is 0.351. The zero-order valence-electron chi connectivity index (χ0n) is 6.79. The molecular weight excluding hydrogens is 172 g/mol. The number of nitrogens with zero attached hydrogens (tertiary/aromatic N) is 2. The fourth-order valence-electron chi connectivity index (χ4n) is 0.953. The van der Waals surface area contributed by atoms with Crippen molar-refractivity contribution in [1.29, 1.82) is 5.26 Å². The monoisotopic (exact) mass is 180 g/mol. The number of hydrogen-bond donors (Lipinski definition) is 0. The third-order valence-electron chi connectivity index (χ3n) is 1.57. The average Bonchev–Trinajstić information content (AvgIpc) is 2.05. The molecule has 0 saturated heterocycles. The summed E-state index contributed by atoms with van der Waals surface area (Å²) < 4.78 is 0. The molecule has 0 amide bonds. The molecule has 62 valence electrons. The van der Waals surface area contributed by atoms with Crippen molar-refractivity contribution in [3.8, 4) is 6.07 Å². The average molecular weight is 181 g/mol. The van der Waals surface area contributed by atoms with Gasteiger partial charge in [-0.2, -0.15) is 5.26 Å². The maximum atomic E-state index is 8.45. The number of para-hydroxylation sites is 1. The molecule has 0 spiro atoms. The van der Waals surface area contributed by atoms with Gasteiger partial charge >= 0.3 is 0 Å². The highest BCUT2D eigenvalue weighted by Crippen LogP contribution is 2.23. The molecule has 0 saturated carbocycles. The Morgan fingerprint density at radius 3 is 2.75 bits per heavy atom. The predicted octanol–water partition coefficient (Wildman–Crippen LogP) is 2.30. The van der Waals surface area contributed by atoms with E-state index in [0.29, 0.717) is 11.6 Å². The SMILES string of the molecule is CN(CC#N)c1ccccc1Cl. The smallest absolute Gasteiger partial charge is 0.105 e. The second-order valence-corrected chi connectivity index (χ2v) is 2.87. The van der Waals surface area contributed by atoms with Gasteiger partial charge < -0.3 is 4.90 Å².